The molecule has 18 heavy (non-hydrogen) atoms. The van der Waals surface area contributed by atoms with Crippen LogP contribution >= 0.6 is 0 Å². The van der Waals surface area contributed by atoms with Crippen molar-refractivity contribution in [1.29, 1.82) is 0 Å². The second kappa shape index (κ2) is 6.27. The molecular formula is C14H21FN2O. The molecule has 1 aliphatic rings. The molecule has 1 aromatic rings. The van der Waals surface area contributed by atoms with E-state index in [9.17, 15) is 4.39 Å². The zero-order valence-electron chi connectivity index (χ0n) is 10.8. The van der Waals surface area contributed by atoms with E-state index in [1.165, 1.54) is 6.07 Å². The van der Waals surface area contributed by atoms with Crippen molar-refractivity contribution in [3.63, 3.8) is 0 Å². The lowest BCUT2D eigenvalue weighted by atomic mass is 9.88. The minimum Gasteiger partial charge on any atom is -0.381 e. The van der Waals surface area contributed by atoms with Gasteiger partial charge in [-0.2, -0.15) is 0 Å². The van der Waals surface area contributed by atoms with Crippen LogP contribution in [0.15, 0.2) is 18.2 Å². The van der Waals surface area contributed by atoms with Gasteiger partial charge in [-0.3, -0.25) is 11.3 Å². The molecule has 3 nitrogen and oxygen atoms in total. The Labute approximate surface area is 107 Å². The molecule has 1 heterocycles. The Morgan fingerprint density at radius 1 is 1.56 bits per heavy atom. The summed E-state index contributed by atoms with van der Waals surface area (Å²) in [6.07, 6.45) is 3.04. The number of nitrogens with one attached hydrogen (secondary N) is 1. The lowest BCUT2D eigenvalue weighted by Crippen LogP contribution is -2.45. The zero-order valence-corrected chi connectivity index (χ0v) is 10.8. The van der Waals surface area contributed by atoms with Crippen LogP contribution in [-0.2, 0) is 11.2 Å². The van der Waals surface area contributed by atoms with E-state index >= 15 is 0 Å². The van der Waals surface area contributed by atoms with E-state index in [1.54, 1.807) is 6.07 Å². The summed E-state index contributed by atoms with van der Waals surface area (Å²) in [5.74, 6) is 5.90. The van der Waals surface area contributed by atoms with Gasteiger partial charge in [0.05, 0.1) is 6.61 Å². The van der Waals surface area contributed by atoms with E-state index < -0.39 is 0 Å². The van der Waals surface area contributed by atoms with Crippen LogP contribution in [0.4, 0.5) is 4.39 Å². The highest BCUT2D eigenvalue weighted by Crippen LogP contribution is 2.21. The molecule has 3 N–H and O–H groups in total. The van der Waals surface area contributed by atoms with Crippen molar-refractivity contribution in [2.24, 2.45) is 11.8 Å². The van der Waals surface area contributed by atoms with E-state index in [0.717, 1.165) is 43.6 Å². The highest BCUT2D eigenvalue weighted by molar-refractivity contribution is 5.27. The maximum absolute atomic E-state index is 13.1. The molecule has 0 spiro atoms. The molecule has 2 unspecified atom stereocenters. The summed E-state index contributed by atoms with van der Waals surface area (Å²) in [7, 11) is 0. The van der Waals surface area contributed by atoms with Crippen LogP contribution in [0.25, 0.3) is 0 Å². The fourth-order valence-corrected chi connectivity index (χ4v) is 2.57. The van der Waals surface area contributed by atoms with Gasteiger partial charge >= 0.3 is 0 Å². The van der Waals surface area contributed by atoms with Crippen LogP contribution in [0, 0.1) is 18.7 Å². The van der Waals surface area contributed by atoms with Crippen molar-refractivity contribution in [3.8, 4) is 0 Å². The minimum atomic E-state index is -0.186. The van der Waals surface area contributed by atoms with Gasteiger partial charge in [-0.1, -0.05) is 6.07 Å². The number of benzene rings is 1. The molecule has 2 atom stereocenters. The van der Waals surface area contributed by atoms with Gasteiger partial charge in [0, 0.05) is 12.6 Å². The van der Waals surface area contributed by atoms with Gasteiger partial charge in [0.1, 0.15) is 5.82 Å². The molecule has 2 rings (SSSR count). The molecule has 0 aliphatic carbocycles. The van der Waals surface area contributed by atoms with Gasteiger partial charge in [0.25, 0.3) is 0 Å². The van der Waals surface area contributed by atoms with Gasteiger partial charge in [0.2, 0.25) is 0 Å². The summed E-state index contributed by atoms with van der Waals surface area (Å²) < 4.78 is 18.6. The third-order valence-corrected chi connectivity index (χ3v) is 3.72. The van der Waals surface area contributed by atoms with Crippen LogP contribution in [0.3, 0.4) is 0 Å². The van der Waals surface area contributed by atoms with E-state index in [0.29, 0.717) is 5.92 Å². The van der Waals surface area contributed by atoms with Crippen LogP contribution in [-0.4, -0.2) is 19.3 Å². The third-order valence-electron chi connectivity index (χ3n) is 3.72. The standard InChI is InChI=1S/C14H21FN2O/c1-10-7-13(15)5-4-11(10)8-14(17-16)12-3-2-6-18-9-12/h4-5,7,12,14,17H,2-3,6,8-9,16H2,1H3. The quantitative estimate of drug-likeness (QED) is 0.636. The molecular weight excluding hydrogens is 231 g/mol. The summed E-state index contributed by atoms with van der Waals surface area (Å²) in [6, 6.07) is 5.11. The van der Waals surface area contributed by atoms with Crippen LogP contribution < -0.4 is 11.3 Å². The van der Waals surface area contributed by atoms with E-state index in [1.807, 2.05) is 13.0 Å². The number of hydrogen-bond donors (Lipinski definition) is 2. The number of rotatable bonds is 4. The topological polar surface area (TPSA) is 47.3 Å². The average molecular weight is 252 g/mol. The van der Waals surface area contributed by atoms with Gasteiger partial charge in [-0.05, 0) is 55.4 Å². The second-order valence-electron chi connectivity index (χ2n) is 5.03. The predicted molar refractivity (Wildman–Crippen MR) is 69.5 cm³/mol. The van der Waals surface area contributed by atoms with Crippen molar-refractivity contribution in [2.45, 2.75) is 32.2 Å². The smallest absolute Gasteiger partial charge is 0.123 e. The summed E-state index contributed by atoms with van der Waals surface area (Å²) in [6.45, 7) is 3.54. The first kappa shape index (κ1) is 13.5. The van der Waals surface area contributed by atoms with E-state index in [-0.39, 0.29) is 11.9 Å². The largest absolute Gasteiger partial charge is 0.381 e. The second-order valence-corrected chi connectivity index (χ2v) is 5.03. The molecule has 0 bridgehead atoms. The normalized spacial score (nSPS) is 21.8. The molecule has 0 radical (unpaired) electrons. The Morgan fingerprint density at radius 2 is 2.39 bits per heavy atom. The fourth-order valence-electron chi connectivity index (χ4n) is 2.57. The Balaban J connectivity index is 2.04. The highest BCUT2D eigenvalue weighted by atomic mass is 19.1. The average Bonchev–Trinajstić information content (AvgIpc) is 2.39. The lowest BCUT2D eigenvalue weighted by Gasteiger charge is -2.30. The molecule has 0 amide bonds. The van der Waals surface area contributed by atoms with Crippen LogP contribution in [0.2, 0.25) is 0 Å². The van der Waals surface area contributed by atoms with Crippen molar-refractivity contribution >= 4 is 0 Å². The molecule has 4 heteroatoms. The maximum Gasteiger partial charge on any atom is 0.123 e. The first-order valence-corrected chi connectivity index (χ1v) is 6.49. The molecule has 0 aromatic heterocycles. The lowest BCUT2D eigenvalue weighted by molar-refractivity contribution is 0.0393. The van der Waals surface area contributed by atoms with Gasteiger partial charge in [-0.15, -0.1) is 0 Å². The van der Waals surface area contributed by atoms with Crippen molar-refractivity contribution in [3.05, 3.63) is 35.1 Å². The first-order chi connectivity index (χ1) is 8.70. The first-order valence-electron chi connectivity index (χ1n) is 6.49. The maximum atomic E-state index is 13.1. The molecule has 1 aliphatic heterocycles. The van der Waals surface area contributed by atoms with Crippen molar-refractivity contribution in [2.75, 3.05) is 13.2 Å². The van der Waals surface area contributed by atoms with Crippen LogP contribution in [0.1, 0.15) is 24.0 Å². The number of halogens is 1. The SMILES string of the molecule is Cc1cc(F)ccc1CC(NN)C1CCCOC1. The summed E-state index contributed by atoms with van der Waals surface area (Å²) in [5.41, 5.74) is 5.01. The highest BCUT2D eigenvalue weighted by Gasteiger charge is 2.23. The van der Waals surface area contributed by atoms with Gasteiger partial charge in [0.15, 0.2) is 0 Å². The number of hydrogen-bond acceptors (Lipinski definition) is 3. The molecule has 1 saturated heterocycles. The Morgan fingerprint density at radius 3 is 3.00 bits per heavy atom. The van der Waals surface area contributed by atoms with Crippen molar-refractivity contribution in [1.82, 2.24) is 5.43 Å². The third kappa shape index (κ3) is 3.28. The zero-order chi connectivity index (χ0) is 13.0. The number of hydrazine groups is 1. The summed E-state index contributed by atoms with van der Waals surface area (Å²) in [4.78, 5) is 0. The predicted octanol–water partition coefficient (Wildman–Crippen LogP) is 1.94. The van der Waals surface area contributed by atoms with Gasteiger partial charge in [-0.25, -0.2) is 4.39 Å². The number of nitrogens with two attached hydrogens (primary N) is 1. The summed E-state index contributed by atoms with van der Waals surface area (Å²) in [5, 5.41) is 0. The Kier molecular flexibility index (Phi) is 4.69. The van der Waals surface area contributed by atoms with Gasteiger partial charge < -0.3 is 4.74 Å². The minimum absolute atomic E-state index is 0.186. The fraction of sp³-hybridized carbons (Fsp3) is 0.571. The van der Waals surface area contributed by atoms with E-state index in [2.05, 4.69) is 5.43 Å². The van der Waals surface area contributed by atoms with E-state index in [4.69, 9.17) is 10.6 Å². The monoisotopic (exact) mass is 252 g/mol. The summed E-state index contributed by atoms with van der Waals surface area (Å²) >= 11 is 0. The van der Waals surface area contributed by atoms with Crippen molar-refractivity contribution < 1.29 is 9.13 Å². The molecule has 0 saturated carbocycles. The van der Waals surface area contributed by atoms with Crippen LogP contribution in [0.5, 0.6) is 0 Å². The number of ether oxygens (including phenoxy) is 1. The molecule has 1 aromatic carbocycles. The Hall–Kier alpha value is -0.970. The molecule has 1 fully saturated rings. The molecule has 100 valence electrons. The number of aryl methyl sites for hydroxylation is 1. The Bertz CT molecular complexity index is 391.